The number of imidazole rings is 1. The minimum atomic E-state index is -4.95. The first-order valence-corrected chi connectivity index (χ1v) is 10.6. The number of aliphatic hydroxyl groups excluding tert-OH is 2. The first-order chi connectivity index (χ1) is 15.2. The Kier molecular flexibility index (Phi) is 5.81. The molecule has 3 aromatic rings. The first-order valence-electron chi connectivity index (χ1n) is 9.12. The topological polar surface area (TPSA) is 212 Å². The summed E-state index contributed by atoms with van der Waals surface area (Å²) in [5.74, 6) is -1.63. The fraction of sp³-hybridized carbons (Fsp3) is 0.294. The van der Waals surface area contributed by atoms with Gasteiger partial charge in [0, 0.05) is 0 Å². The Morgan fingerprint density at radius 2 is 1.97 bits per heavy atom. The molecule has 32 heavy (non-hydrogen) atoms. The van der Waals surface area contributed by atoms with Gasteiger partial charge in [-0.05, 0) is 12.1 Å². The van der Waals surface area contributed by atoms with Crippen LogP contribution >= 0.6 is 7.82 Å². The molecule has 5 atom stereocenters. The van der Waals surface area contributed by atoms with Gasteiger partial charge in [-0.3, -0.25) is 14.0 Å². The summed E-state index contributed by atoms with van der Waals surface area (Å²) in [5, 5.41) is 30.3. The van der Waals surface area contributed by atoms with Gasteiger partial charge in [0.2, 0.25) is 0 Å². The van der Waals surface area contributed by atoms with Crippen LogP contribution in [-0.2, 0) is 18.3 Å². The van der Waals surface area contributed by atoms with Crippen LogP contribution in [0.1, 0.15) is 16.6 Å². The van der Waals surface area contributed by atoms with E-state index in [2.05, 4.69) is 19.5 Å². The largest absolute Gasteiger partial charge is 0.529 e. The van der Waals surface area contributed by atoms with Crippen molar-refractivity contribution in [3.8, 4) is 5.75 Å². The van der Waals surface area contributed by atoms with E-state index in [9.17, 15) is 29.6 Å². The quantitative estimate of drug-likeness (QED) is 0.295. The summed E-state index contributed by atoms with van der Waals surface area (Å²) in [6.07, 6.45) is -2.96. The van der Waals surface area contributed by atoms with Crippen LogP contribution in [-0.4, -0.2) is 70.6 Å². The zero-order chi connectivity index (χ0) is 23.0. The number of carbonyl (C=O) groups excluding carboxylic acids is 1. The van der Waals surface area contributed by atoms with Gasteiger partial charge in [-0.25, -0.2) is 24.3 Å². The molecule has 1 aliphatic rings. The van der Waals surface area contributed by atoms with Crippen molar-refractivity contribution in [1.82, 2.24) is 19.5 Å². The van der Waals surface area contributed by atoms with Crippen LogP contribution < -0.4 is 5.73 Å². The number of ether oxygens (including phenoxy) is 1. The van der Waals surface area contributed by atoms with Gasteiger partial charge in [-0.15, -0.1) is 0 Å². The molecule has 1 unspecified atom stereocenters. The highest BCUT2D eigenvalue weighted by molar-refractivity contribution is 7.48. The molecule has 0 spiro atoms. The van der Waals surface area contributed by atoms with E-state index in [1.165, 1.54) is 41.5 Å². The molecule has 0 aliphatic carbocycles. The molecule has 0 radical (unpaired) electrons. The van der Waals surface area contributed by atoms with Gasteiger partial charge in [0.25, 0.3) is 0 Å². The van der Waals surface area contributed by atoms with Gasteiger partial charge in [0.05, 0.1) is 12.9 Å². The van der Waals surface area contributed by atoms with E-state index in [4.69, 9.17) is 15.0 Å². The maximum atomic E-state index is 12.1. The molecule has 170 valence electrons. The second-order valence-corrected chi connectivity index (χ2v) is 8.17. The first kappa shape index (κ1) is 22.1. The van der Waals surface area contributed by atoms with Gasteiger partial charge >= 0.3 is 13.8 Å². The number of aromatic nitrogens is 4. The van der Waals surface area contributed by atoms with Crippen molar-refractivity contribution < 1.29 is 43.4 Å². The predicted molar refractivity (Wildman–Crippen MR) is 105 cm³/mol. The van der Waals surface area contributed by atoms with Gasteiger partial charge in [0.1, 0.15) is 41.5 Å². The number of phenolic OH excluding ortho intramolecular Hbond substituents is 1. The second-order valence-electron chi connectivity index (χ2n) is 6.79. The molecule has 3 heterocycles. The number of phenols is 1. The lowest BCUT2D eigenvalue weighted by molar-refractivity contribution is -0.0508. The Hall–Kier alpha value is -3.13. The molecule has 1 saturated heterocycles. The number of para-hydroxylation sites is 1. The van der Waals surface area contributed by atoms with Crippen LogP contribution in [0, 0.1) is 0 Å². The summed E-state index contributed by atoms with van der Waals surface area (Å²) in [6, 6.07) is 5.25. The standard InChI is InChI=1S/C17H18N5O9P/c18-14-11-15(20-6-19-14)22(7-21-11)16-13(25)12(24)10(30-16)5-29-32(27,28)31-17(26)8-3-1-2-4-9(8)23/h1-4,6-7,10,12-13,16,23-25H,5H2,(H,27,28)(H2,18,19,20)/t10-,12-,13-,16-/m1/s1. The fourth-order valence-corrected chi connectivity index (χ4v) is 3.84. The van der Waals surface area contributed by atoms with Gasteiger partial charge < -0.3 is 30.3 Å². The third-order valence-corrected chi connectivity index (χ3v) is 5.59. The highest BCUT2D eigenvalue weighted by atomic mass is 31.2. The van der Waals surface area contributed by atoms with E-state index >= 15 is 0 Å². The molecule has 0 saturated carbocycles. The van der Waals surface area contributed by atoms with E-state index in [0.29, 0.717) is 0 Å². The van der Waals surface area contributed by atoms with Crippen molar-refractivity contribution in [2.24, 2.45) is 0 Å². The third kappa shape index (κ3) is 4.14. The summed E-state index contributed by atoms with van der Waals surface area (Å²) in [4.78, 5) is 33.7. The van der Waals surface area contributed by atoms with E-state index in [-0.39, 0.29) is 22.5 Å². The summed E-state index contributed by atoms with van der Waals surface area (Å²) >= 11 is 0. The molecular weight excluding hydrogens is 449 g/mol. The van der Waals surface area contributed by atoms with Gasteiger partial charge in [0.15, 0.2) is 17.7 Å². The number of phosphoric acid groups is 1. The molecule has 1 fully saturated rings. The van der Waals surface area contributed by atoms with Crippen molar-refractivity contribution in [1.29, 1.82) is 0 Å². The van der Waals surface area contributed by atoms with Gasteiger partial charge in [-0.2, -0.15) is 0 Å². The average molecular weight is 467 g/mol. The molecule has 14 nitrogen and oxygen atoms in total. The van der Waals surface area contributed by atoms with Crippen LogP contribution in [0.2, 0.25) is 0 Å². The Balaban J connectivity index is 1.43. The zero-order valence-corrected chi connectivity index (χ0v) is 17.0. The number of anilines is 1. The third-order valence-electron chi connectivity index (χ3n) is 4.72. The fourth-order valence-electron chi connectivity index (χ4n) is 3.15. The van der Waals surface area contributed by atoms with Crippen LogP contribution in [0.15, 0.2) is 36.9 Å². The Labute approximate surface area is 179 Å². The Morgan fingerprint density at radius 3 is 2.72 bits per heavy atom. The number of phosphoric ester groups is 1. The second kappa shape index (κ2) is 8.43. The van der Waals surface area contributed by atoms with Crippen molar-refractivity contribution in [3.63, 3.8) is 0 Å². The van der Waals surface area contributed by atoms with Gasteiger partial charge in [-0.1, -0.05) is 12.1 Å². The molecule has 4 rings (SSSR count). The average Bonchev–Trinajstić information content (AvgIpc) is 3.29. The highest BCUT2D eigenvalue weighted by Crippen LogP contribution is 2.45. The normalized spacial score (nSPS) is 25.0. The predicted octanol–water partition coefficient (Wildman–Crippen LogP) is -0.293. The summed E-state index contributed by atoms with van der Waals surface area (Å²) in [5.41, 5.74) is 5.88. The van der Waals surface area contributed by atoms with Crippen molar-refractivity contribution >= 4 is 30.8 Å². The van der Waals surface area contributed by atoms with E-state index in [0.717, 1.165) is 0 Å². The monoisotopic (exact) mass is 467 g/mol. The Bertz CT molecular complexity index is 1200. The number of aliphatic hydroxyl groups is 2. The summed E-state index contributed by atoms with van der Waals surface area (Å²) < 4.78 is 28.2. The number of nitrogens with two attached hydrogens (primary N) is 1. The van der Waals surface area contributed by atoms with Crippen LogP contribution in [0.3, 0.4) is 0 Å². The number of carbonyl (C=O) groups is 1. The number of rotatable bonds is 6. The van der Waals surface area contributed by atoms with E-state index < -0.39 is 50.7 Å². The van der Waals surface area contributed by atoms with Crippen LogP contribution in [0.4, 0.5) is 5.82 Å². The maximum absolute atomic E-state index is 12.1. The lowest BCUT2D eigenvalue weighted by Gasteiger charge is -2.17. The van der Waals surface area contributed by atoms with Crippen LogP contribution in [0.25, 0.3) is 11.2 Å². The molecule has 0 amide bonds. The van der Waals surface area contributed by atoms with Crippen molar-refractivity contribution in [3.05, 3.63) is 42.5 Å². The SMILES string of the molecule is Nc1ncnc2c1ncn2[C@@H]1O[C@H](COP(=O)(O)OC(=O)c2ccccc2O)[C@@H](O)[C@H]1O. The number of aromatic hydroxyl groups is 1. The molecule has 1 aliphatic heterocycles. The minimum Gasteiger partial charge on any atom is -0.507 e. The summed E-state index contributed by atoms with van der Waals surface area (Å²) in [6.45, 7) is -0.708. The molecule has 0 bridgehead atoms. The number of benzene rings is 1. The molecule has 6 N–H and O–H groups in total. The highest BCUT2D eigenvalue weighted by Gasteiger charge is 2.45. The van der Waals surface area contributed by atoms with E-state index in [1.54, 1.807) is 0 Å². The number of hydrogen-bond donors (Lipinski definition) is 5. The van der Waals surface area contributed by atoms with Crippen molar-refractivity contribution in [2.45, 2.75) is 24.5 Å². The lowest BCUT2D eigenvalue weighted by Crippen LogP contribution is -2.33. The molecular formula is C17H18N5O9P. The minimum absolute atomic E-state index is 0.106. The smallest absolute Gasteiger partial charge is 0.507 e. The molecule has 2 aromatic heterocycles. The number of fused-ring (bicyclic) bond motifs is 1. The Morgan fingerprint density at radius 1 is 1.22 bits per heavy atom. The zero-order valence-electron chi connectivity index (χ0n) is 16.1. The summed E-state index contributed by atoms with van der Waals surface area (Å²) in [7, 11) is -4.95. The van der Waals surface area contributed by atoms with Crippen molar-refractivity contribution in [2.75, 3.05) is 12.3 Å². The molecule has 1 aromatic carbocycles. The maximum Gasteiger partial charge on any atom is 0.529 e. The lowest BCUT2D eigenvalue weighted by atomic mass is 10.1. The number of hydrogen-bond acceptors (Lipinski definition) is 12. The van der Waals surface area contributed by atoms with Crippen LogP contribution in [0.5, 0.6) is 5.75 Å². The number of nitrogen functional groups attached to an aromatic ring is 1. The number of nitrogens with zero attached hydrogens (tertiary/aromatic N) is 4. The molecule has 15 heteroatoms. The van der Waals surface area contributed by atoms with E-state index in [1.807, 2.05) is 0 Å².